The Labute approximate surface area is 232 Å². The number of fused-ring (bicyclic) bond motifs is 1. The lowest BCUT2D eigenvalue weighted by Gasteiger charge is -2.29. The molecule has 1 aliphatic heterocycles. The number of nitrogens with zero attached hydrogens (tertiary/aromatic N) is 3. The van der Waals surface area contributed by atoms with Crippen LogP contribution in [0.4, 0.5) is 15.9 Å². The Hall–Kier alpha value is -4.15. The standard InChI is InChI=1S/C29H25BrFN5O3/c1-17-12-19(6-7-26(17)39-27-5-3-2-4-22(27)31)36-29(32)20(16-33-36)28(37)24-13-18-14-25(21(30)15-23(18)34-24)35-8-10-38-11-9-35/h2-7,12-16,34H,8-11,32H2,1H3. The van der Waals surface area contributed by atoms with Crippen molar-refractivity contribution < 1.29 is 18.7 Å². The number of para-hydroxylation sites is 1. The number of morpholine rings is 1. The molecule has 198 valence electrons. The first kappa shape index (κ1) is 25.1. The van der Waals surface area contributed by atoms with Crippen LogP contribution in [-0.2, 0) is 4.74 Å². The number of nitrogens with one attached hydrogen (secondary N) is 1. The average molecular weight is 590 g/mol. The molecule has 10 heteroatoms. The molecular formula is C29H25BrFN5O3. The van der Waals surface area contributed by atoms with Crippen molar-refractivity contribution in [3.8, 4) is 17.2 Å². The topological polar surface area (TPSA) is 98.4 Å². The van der Waals surface area contributed by atoms with Crippen LogP contribution in [0.2, 0.25) is 0 Å². The van der Waals surface area contributed by atoms with Crippen molar-refractivity contribution in [3.63, 3.8) is 0 Å². The summed E-state index contributed by atoms with van der Waals surface area (Å²) in [5.74, 6) is 0.169. The zero-order valence-electron chi connectivity index (χ0n) is 21.1. The largest absolute Gasteiger partial charge is 0.454 e. The summed E-state index contributed by atoms with van der Waals surface area (Å²) in [7, 11) is 0. The van der Waals surface area contributed by atoms with E-state index >= 15 is 0 Å². The predicted octanol–water partition coefficient (Wildman–Crippen LogP) is 6.01. The van der Waals surface area contributed by atoms with Crippen LogP contribution in [0.5, 0.6) is 11.5 Å². The number of carbonyl (C=O) groups is 1. The predicted molar refractivity (Wildman–Crippen MR) is 152 cm³/mol. The number of hydrogen-bond acceptors (Lipinski definition) is 6. The van der Waals surface area contributed by atoms with Crippen LogP contribution >= 0.6 is 15.9 Å². The van der Waals surface area contributed by atoms with Gasteiger partial charge in [0.1, 0.15) is 11.6 Å². The highest BCUT2D eigenvalue weighted by Gasteiger charge is 2.21. The molecule has 5 aromatic rings. The second-order valence-electron chi connectivity index (χ2n) is 9.34. The Balaban J connectivity index is 1.26. The minimum Gasteiger partial charge on any atom is -0.454 e. The second kappa shape index (κ2) is 10.2. The summed E-state index contributed by atoms with van der Waals surface area (Å²) in [6.45, 7) is 4.84. The highest BCUT2D eigenvalue weighted by molar-refractivity contribution is 9.10. The summed E-state index contributed by atoms with van der Waals surface area (Å²) in [4.78, 5) is 18.9. The number of benzene rings is 3. The number of nitrogens with two attached hydrogens (primary N) is 1. The molecule has 1 saturated heterocycles. The maximum Gasteiger partial charge on any atom is 0.214 e. The Morgan fingerprint density at radius 3 is 2.67 bits per heavy atom. The highest BCUT2D eigenvalue weighted by atomic mass is 79.9. The van der Waals surface area contributed by atoms with E-state index in [1.807, 2.05) is 25.1 Å². The van der Waals surface area contributed by atoms with Crippen molar-refractivity contribution >= 4 is 44.1 Å². The molecule has 0 spiro atoms. The molecule has 0 bridgehead atoms. The van der Waals surface area contributed by atoms with Gasteiger partial charge in [-0.15, -0.1) is 0 Å². The Morgan fingerprint density at radius 2 is 1.90 bits per heavy atom. The summed E-state index contributed by atoms with van der Waals surface area (Å²) in [5.41, 5.74) is 10.4. The van der Waals surface area contributed by atoms with Gasteiger partial charge in [-0.05, 0) is 76.9 Å². The van der Waals surface area contributed by atoms with Crippen LogP contribution in [0.3, 0.4) is 0 Å². The van der Waals surface area contributed by atoms with Gasteiger partial charge in [-0.1, -0.05) is 12.1 Å². The number of hydrogen-bond donors (Lipinski definition) is 2. The van der Waals surface area contributed by atoms with Gasteiger partial charge in [-0.3, -0.25) is 4.79 Å². The minimum absolute atomic E-state index is 0.141. The molecule has 39 heavy (non-hydrogen) atoms. The van der Waals surface area contributed by atoms with E-state index < -0.39 is 5.82 Å². The van der Waals surface area contributed by atoms with Gasteiger partial charge in [0.2, 0.25) is 5.78 Å². The number of ether oxygens (including phenoxy) is 2. The van der Waals surface area contributed by atoms with Crippen molar-refractivity contribution in [2.75, 3.05) is 36.9 Å². The molecule has 8 nitrogen and oxygen atoms in total. The number of aryl methyl sites for hydroxylation is 1. The van der Waals surface area contributed by atoms with Gasteiger partial charge in [-0.2, -0.15) is 5.10 Å². The van der Waals surface area contributed by atoms with E-state index in [1.165, 1.54) is 16.9 Å². The van der Waals surface area contributed by atoms with Gasteiger partial charge < -0.3 is 25.1 Å². The maximum absolute atomic E-state index is 14.0. The maximum atomic E-state index is 14.0. The van der Waals surface area contributed by atoms with E-state index in [2.05, 4.69) is 37.0 Å². The molecule has 2 aromatic heterocycles. The normalized spacial score (nSPS) is 13.7. The van der Waals surface area contributed by atoms with Crippen LogP contribution in [0.1, 0.15) is 21.6 Å². The van der Waals surface area contributed by atoms with Crippen LogP contribution in [0, 0.1) is 12.7 Å². The van der Waals surface area contributed by atoms with E-state index in [-0.39, 0.29) is 17.4 Å². The van der Waals surface area contributed by atoms with Crippen molar-refractivity contribution in [2.45, 2.75) is 6.92 Å². The molecule has 3 N–H and O–H groups in total. The number of aromatic amines is 1. The fourth-order valence-corrected chi connectivity index (χ4v) is 5.31. The lowest BCUT2D eigenvalue weighted by Crippen LogP contribution is -2.36. The van der Waals surface area contributed by atoms with Gasteiger partial charge in [0.25, 0.3) is 0 Å². The molecule has 1 aliphatic rings. The molecule has 3 aromatic carbocycles. The zero-order chi connectivity index (χ0) is 27.1. The SMILES string of the molecule is Cc1cc(-n2ncc(C(=O)c3cc4cc(N5CCOCC5)c(Br)cc4[nH]3)c2N)ccc1Oc1ccccc1F. The minimum atomic E-state index is -0.442. The smallest absolute Gasteiger partial charge is 0.214 e. The van der Waals surface area contributed by atoms with Gasteiger partial charge in [-0.25, -0.2) is 9.07 Å². The number of nitrogen functional groups attached to an aromatic ring is 1. The van der Waals surface area contributed by atoms with Crippen LogP contribution in [-0.4, -0.2) is 46.9 Å². The van der Waals surface area contributed by atoms with E-state index in [4.69, 9.17) is 15.2 Å². The molecule has 3 heterocycles. The average Bonchev–Trinajstić information content (AvgIpc) is 3.53. The summed E-state index contributed by atoms with van der Waals surface area (Å²) in [6, 6.07) is 17.4. The molecule has 1 fully saturated rings. The van der Waals surface area contributed by atoms with E-state index in [9.17, 15) is 9.18 Å². The Morgan fingerprint density at radius 1 is 1.10 bits per heavy atom. The zero-order valence-corrected chi connectivity index (χ0v) is 22.7. The van der Waals surface area contributed by atoms with E-state index in [1.54, 1.807) is 30.3 Å². The molecule has 0 radical (unpaired) electrons. The van der Waals surface area contributed by atoms with Gasteiger partial charge >= 0.3 is 0 Å². The Bertz CT molecular complexity index is 1710. The number of anilines is 2. The summed E-state index contributed by atoms with van der Waals surface area (Å²) in [5, 5.41) is 5.30. The number of carbonyl (C=O) groups excluding carboxylic acids is 1. The molecule has 0 aliphatic carbocycles. The fourth-order valence-electron chi connectivity index (χ4n) is 4.72. The Kier molecular flexibility index (Phi) is 6.58. The molecule has 0 atom stereocenters. The lowest BCUT2D eigenvalue weighted by atomic mass is 10.1. The van der Waals surface area contributed by atoms with Crippen molar-refractivity contribution in [1.82, 2.24) is 14.8 Å². The summed E-state index contributed by atoms with van der Waals surface area (Å²) in [6.07, 6.45) is 1.47. The highest BCUT2D eigenvalue weighted by Crippen LogP contribution is 2.33. The molecule has 0 unspecified atom stereocenters. The lowest BCUT2D eigenvalue weighted by molar-refractivity contribution is 0.103. The second-order valence-corrected chi connectivity index (χ2v) is 10.2. The first-order chi connectivity index (χ1) is 18.9. The van der Waals surface area contributed by atoms with Crippen LogP contribution in [0.15, 0.2) is 71.3 Å². The first-order valence-electron chi connectivity index (χ1n) is 12.5. The first-order valence-corrected chi connectivity index (χ1v) is 13.2. The number of H-pyrrole nitrogens is 1. The fraction of sp³-hybridized carbons (Fsp3) is 0.172. The molecule has 0 saturated carbocycles. The monoisotopic (exact) mass is 589 g/mol. The van der Waals surface area contributed by atoms with Gasteiger partial charge in [0.05, 0.1) is 42.0 Å². The number of rotatable bonds is 6. The third kappa shape index (κ3) is 4.77. The van der Waals surface area contributed by atoms with Crippen LogP contribution in [0.25, 0.3) is 16.6 Å². The van der Waals surface area contributed by atoms with E-state index in [0.29, 0.717) is 35.9 Å². The van der Waals surface area contributed by atoms with Gasteiger partial charge in [0, 0.05) is 28.5 Å². The molecule has 0 amide bonds. The van der Waals surface area contributed by atoms with E-state index in [0.717, 1.165) is 39.7 Å². The third-order valence-electron chi connectivity index (χ3n) is 6.80. The number of aromatic nitrogens is 3. The summed E-state index contributed by atoms with van der Waals surface area (Å²) >= 11 is 3.67. The number of halogens is 2. The van der Waals surface area contributed by atoms with Gasteiger partial charge in [0.15, 0.2) is 11.6 Å². The van der Waals surface area contributed by atoms with Crippen molar-refractivity contribution in [1.29, 1.82) is 0 Å². The quantitative estimate of drug-likeness (QED) is 0.235. The van der Waals surface area contributed by atoms with Crippen molar-refractivity contribution in [2.24, 2.45) is 0 Å². The molecular weight excluding hydrogens is 565 g/mol. The summed E-state index contributed by atoms with van der Waals surface area (Å²) < 4.78 is 27.7. The van der Waals surface area contributed by atoms with Crippen molar-refractivity contribution in [3.05, 3.63) is 94.0 Å². The van der Waals surface area contributed by atoms with Crippen LogP contribution < -0.4 is 15.4 Å². The number of ketones is 1. The molecule has 6 rings (SSSR count). The third-order valence-corrected chi connectivity index (χ3v) is 7.43.